The zero-order valence-corrected chi connectivity index (χ0v) is 21.6. The molecular weight excluding hydrogens is 462 g/mol. The molecule has 0 fully saturated rings. The fourth-order valence-corrected chi connectivity index (χ4v) is 5.08. The van der Waals surface area contributed by atoms with E-state index in [9.17, 15) is 9.59 Å². The zero-order chi connectivity index (χ0) is 23.2. The van der Waals surface area contributed by atoms with Gasteiger partial charge in [0, 0.05) is 58.7 Å². The van der Waals surface area contributed by atoms with Gasteiger partial charge in [-0.25, -0.2) is 14.8 Å². The maximum atomic E-state index is 12.0. The minimum Gasteiger partial charge on any atom is -0.450 e. The quantitative estimate of drug-likeness (QED) is 0.233. The van der Waals surface area contributed by atoms with Crippen LogP contribution in [0.3, 0.4) is 0 Å². The van der Waals surface area contributed by atoms with Crippen molar-refractivity contribution in [1.82, 2.24) is 25.2 Å². The van der Waals surface area contributed by atoms with Crippen LogP contribution in [-0.2, 0) is 22.5 Å². The predicted octanol–water partition coefficient (Wildman–Crippen LogP) is 3.83. The molecule has 8 nitrogen and oxygen atoms in total. The number of alkyl carbamates (subject to hydrolysis) is 1. The van der Waals surface area contributed by atoms with Crippen LogP contribution in [0.4, 0.5) is 4.79 Å². The van der Waals surface area contributed by atoms with Gasteiger partial charge in [-0.2, -0.15) is 0 Å². The molecule has 32 heavy (non-hydrogen) atoms. The van der Waals surface area contributed by atoms with Gasteiger partial charge in [-0.3, -0.25) is 4.79 Å². The molecule has 0 spiro atoms. The number of pyridine rings is 1. The van der Waals surface area contributed by atoms with E-state index in [-0.39, 0.29) is 12.0 Å². The Morgan fingerprint density at radius 2 is 2.00 bits per heavy atom. The largest absolute Gasteiger partial charge is 0.450 e. The second-order valence-corrected chi connectivity index (χ2v) is 16.5. The van der Waals surface area contributed by atoms with Crippen molar-refractivity contribution in [1.29, 1.82) is 0 Å². The highest BCUT2D eigenvalue weighted by atomic mass is 33.1. The van der Waals surface area contributed by atoms with Gasteiger partial charge in [-0.15, -0.1) is 0 Å². The van der Waals surface area contributed by atoms with E-state index in [0.717, 1.165) is 22.5 Å². The first-order valence-electron chi connectivity index (χ1n) is 10.7. The lowest BCUT2D eigenvalue weighted by Crippen LogP contribution is -2.29. The molecule has 0 aliphatic heterocycles. The molecule has 2 N–H and O–H groups in total. The van der Waals surface area contributed by atoms with Crippen molar-refractivity contribution in [3.05, 3.63) is 42.6 Å². The van der Waals surface area contributed by atoms with Crippen molar-refractivity contribution in [3.63, 3.8) is 0 Å². The number of nitrogens with zero attached hydrogens (tertiary/aromatic N) is 3. The highest BCUT2D eigenvalue weighted by Crippen LogP contribution is 2.29. The van der Waals surface area contributed by atoms with Crippen LogP contribution in [0, 0.1) is 0 Å². The monoisotopic (exact) mass is 495 g/mol. The standard InChI is InChI=1S/C21H33N5O3S2Si/c1-32(2,3)15-13-29-21(28)24-10-7-18-16-26(17-25-18)12-11-22-19(27)8-14-30-31-20-6-4-5-9-23-20/h4-6,9,16-17H,7-8,10-15H2,1-3H3,(H,22,27)(H,24,28). The van der Waals surface area contributed by atoms with E-state index in [4.69, 9.17) is 4.74 Å². The van der Waals surface area contributed by atoms with Gasteiger partial charge in [0.15, 0.2) is 0 Å². The first-order chi connectivity index (χ1) is 15.3. The molecule has 0 bridgehead atoms. The SMILES string of the molecule is C[Si](C)(C)CCOC(=O)NCCc1cn(CCNC(=O)CCSSc2ccccn2)cn1. The molecule has 2 amide bonds. The summed E-state index contributed by atoms with van der Waals surface area (Å²) in [4.78, 5) is 32.2. The van der Waals surface area contributed by atoms with Gasteiger partial charge in [0.25, 0.3) is 0 Å². The van der Waals surface area contributed by atoms with Gasteiger partial charge < -0.3 is 19.9 Å². The number of hydrogen-bond acceptors (Lipinski definition) is 7. The average molecular weight is 496 g/mol. The van der Waals surface area contributed by atoms with E-state index < -0.39 is 8.07 Å². The Hall–Kier alpha value is -1.98. The summed E-state index contributed by atoms with van der Waals surface area (Å²) in [6, 6.07) is 6.75. The lowest BCUT2D eigenvalue weighted by Gasteiger charge is -2.15. The van der Waals surface area contributed by atoms with Gasteiger partial charge >= 0.3 is 6.09 Å². The third-order valence-electron chi connectivity index (χ3n) is 4.31. The van der Waals surface area contributed by atoms with Crippen molar-refractivity contribution in [2.45, 2.75) is 50.1 Å². The maximum Gasteiger partial charge on any atom is 0.407 e. The Kier molecular flexibility index (Phi) is 11.7. The smallest absolute Gasteiger partial charge is 0.407 e. The molecule has 0 unspecified atom stereocenters. The summed E-state index contributed by atoms with van der Waals surface area (Å²) in [5.74, 6) is 0.770. The van der Waals surface area contributed by atoms with Crippen molar-refractivity contribution in [2.24, 2.45) is 0 Å². The summed E-state index contributed by atoms with van der Waals surface area (Å²) in [5.41, 5.74) is 0.890. The molecule has 2 aromatic heterocycles. The molecule has 11 heteroatoms. The number of imidazole rings is 1. The minimum absolute atomic E-state index is 0.0382. The van der Waals surface area contributed by atoms with Crippen LogP contribution in [0.15, 0.2) is 41.9 Å². The predicted molar refractivity (Wildman–Crippen MR) is 134 cm³/mol. The van der Waals surface area contributed by atoms with Crippen LogP contribution >= 0.6 is 21.6 Å². The number of nitrogens with one attached hydrogen (secondary N) is 2. The highest BCUT2D eigenvalue weighted by molar-refractivity contribution is 8.76. The van der Waals surface area contributed by atoms with E-state index in [1.165, 1.54) is 0 Å². The Bertz CT molecular complexity index is 830. The van der Waals surface area contributed by atoms with E-state index >= 15 is 0 Å². The van der Waals surface area contributed by atoms with Crippen LogP contribution in [0.1, 0.15) is 12.1 Å². The average Bonchev–Trinajstić information content (AvgIpc) is 3.18. The van der Waals surface area contributed by atoms with Gasteiger partial charge in [-0.05, 0) is 29.0 Å². The normalized spacial score (nSPS) is 11.2. The molecule has 0 radical (unpaired) electrons. The number of amides is 2. The lowest BCUT2D eigenvalue weighted by atomic mass is 10.3. The minimum atomic E-state index is -1.19. The fourth-order valence-electron chi connectivity index (χ4n) is 2.50. The second-order valence-electron chi connectivity index (χ2n) is 8.40. The highest BCUT2D eigenvalue weighted by Gasteiger charge is 2.13. The fraction of sp³-hybridized carbons (Fsp3) is 0.524. The van der Waals surface area contributed by atoms with E-state index in [0.29, 0.717) is 39.1 Å². The van der Waals surface area contributed by atoms with Crippen molar-refractivity contribution < 1.29 is 14.3 Å². The van der Waals surface area contributed by atoms with E-state index in [1.54, 1.807) is 34.1 Å². The Morgan fingerprint density at radius 1 is 1.16 bits per heavy atom. The summed E-state index contributed by atoms with van der Waals surface area (Å²) < 4.78 is 7.15. The molecule has 0 aliphatic carbocycles. The van der Waals surface area contributed by atoms with Crippen molar-refractivity contribution in [3.8, 4) is 0 Å². The third kappa shape index (κ3) is 12.2. The summed E-state index contributed by atoms with van der Waals surface area (Å²) in [5, 5.41) is 6.64. The lowest BCUT2D eigenvalue weighted by molar-refractivity contribution is -0.120. The molecule has 2 heterocycles. The molecule has 2 rings (SSSR count). The second kappa shape index (κ2) is 14.2. The number of rotatable bonds is 14. The van der Waals surface area contributed by atoms with Gasteiger partial charge in [-0.1, -0.05) is 36.5 Å². The maximum absolute atomic E-state index is 12.0. The zero-order valence-electron chi connectivity index (χ0n) is 19.0. The molecule has 0 saturated heterocycles. The first kappa shape index (κ1) is 26.3. The van der Waals surface area contributed by atoms with Gasteiger partial charge in [0.1, 0.15) is 5.03 Å². The molecule has 176 valence electrons. The van der Waals surface area contributed by atoms with Crippen LogP contribution < -0.4 is 10.6 Å². The Balaban J connectivity index is 1.51. The van der Waals surface area contributed by atoms with Crippen LogP contribution in [0.2, 0.25) is 25.7 Å². The topological polar surface area (TPSA) is 98.1 Å². The van der Waals surface area contributed by atoms with E-state index in [2.05, 4.69) is 40.2 Å². The number of carbonyl (C=O) groups excluding carboxylic acids is 2. The van der Waals surface area contributed by atoms with Crippen LogP contribution in [0.5, 0.6) is 0 Å². The number of carbonyl (C=O) groups is 2. The number of hydrogen-bond donors (Lipinski definition) is 2. The summed E-state index contributed by atoms with van der Waals surface area (Å²) >= 11 is 0. The summed E-state index contributed by atoms with van der Waals surface area (Å²) in [7, 11) is 2.01. The summed E-state index contributed by atoms with van der Waals surface area (Å²) in [6.45, 7) is 8.91. The van der Waals surface area contributed by atoms with Crippen LogP contribution in [-0.4, -0.2) is 60.1 Å². The molecule has 0 aromatic carbocycles. The Labute approximate surface area is 199 Å². The molecule has 0 saturated carbocycles. The van der Waals surface area contributed by atoms with Crippen molar-refractivity contribution >= 4 is 41.7 Å². The molecule has 0 aliphatic rings. The number of ether oxygens (including phenoxy) is 1. The first-order valence-corrected chi connectivity index (χ1v) is 16.7. The molecular formula is C21H33N5O3S2Si. The third-order valence-corrected chi connectivity index (χ3v) is 8.28. The molecule has 2 aromatic rings. The number of aromatic nitrogens is 3. The Morgan fingerprint density at radius 3 is 2.75 bits per heavy atom. The van der Waals surface area contributed by atoms with Gasteiger partial charge in [0.05, 0.1) is 18.6 Å². The van der Waals surface area contributed by atoms with Crippen molar-refractivity contribution in [2.75, 3.05) is 25.4 Å². The van der Waals surface area contributed by atoms with Gasteiger partial charge in [0.2, 0.25) is 5.91 Å². The van der Waals surface area contributed by atoms with E-state index in [1.807, 2.05) is 29.0 Å². The summed E-state index contributed by atoms with van der Waals surface area (Å²) in [6.07, 6.45) is 6.17. The molecule has 0 atom stereocenters. The van der Waals surface area contributed by atoms with Crippen LogP contribution in [0.25, 0.3) is 0 Å².